The Bertz CT molecular complexity index is 611. The van der Waals surface area contributed by atoms with Crippen LogP contribution in [0.5, 0.6) is 11.5 Å². The van der Waals surface area contributed by atoms with E-state index in [0.29, 0.717) is 27.8 Å². The highest BCUT2D eigenvalue weighted by Gasteiger charge is 2.13. The Hall–Kier alpha value is -2.20. The zero-order valence-electron chi connectivity index (χ0n) is 11.1. The Balaban J connectivity index is 2.25. The van der Waals surface area contributed by atoms with Gasteiger partial charge in [-0.25, -0.2) is 0 Å². The molecule has 0 atom stereocenters. The highest BCUT2D eigenvalue weighted by atomic mass is 35.5. The summed E-state index contributed by atoms with van der Waals surface area (Å²) in [5.41, 5.74) is 1.06. The number of methoxy groups -OCH3 is 2. The summed E-state index contributed by atoms with van der Waals surface area (Å²) in [7, 11) is 3.06. The number of carbonyl (C=O) groups excluding carboxylic acids is 1. The molecule has 0 aliphatic heterocycles. The predicted octanol–water partition coefficient (Wildman–Crippen LogP) is 3.61. The lowest BCUT2D eigenvalue weighted by Crippen LogP contribution is -2.13. The first-order valence-electron chi connectivity index (χ1n) is 5.93. The second kappa shape index (κ2) is 6.30. The number of benzene rings is 2. The van der Waals surface area contributed by atoms with Crippen molar-refractivity contribution in [3.8, 4) is 11.5 Å². The van der Waals surface area contributed by atoms with Gasteiger partial charge >= 0.3 is 0 Å². The van der Waals surface area contributed by atoms with E-state index in [1.165, 1.54) is 7.11 Å². The largest absolute Gasteiger partial charge is 0.497 e. The quantitative estimate of drug-likeness (QED) is 0.936. The Labute approximate surface area is 122 Å². The minimum Gasteiger partial charge on any atom is -0.497 e. The zero-order chi connectivity index (χ0) is 14.5. The molecule has 2 rings (SSSR count). The lowest BCUT2D eigenvalue weighted by Gasteiger charge is -2.11. The predicted molar refractivity (Wildman–Crippen MR) is 79.0 cm³/mol. The van der Waals surface area contributed by atoms with Crippen LogP contribution in [0, 0.1) is 0 Å². The van der Waals surface area contributed by atoms with E-state index in [4.69, 9.17) is 21.1 Å². The molecule has 0 heterocycles. The van der Waals surface area contributed by atoms with Crippen LogP contribution in [0.3, 0.4) is 0 Å². The molecule has 4 nitrogen and oxygen atoms in total. The van der Waals surface area contributed by atoms with E-state index in [2.05, 4.69) is 5.32 Å². The highest BCUT2D eigenvalue weighted by Crippen LogP contribution is 2.25. The molecule has 0 saturated carbocycles. The van der Waals surface area contributed by atoms with Crippen molar-refractivity contribution in [3.05, 3.63) is 53.1 Å². The highest BCUT2D eigenvalue weighted by molar-refractivity contribution is 6.30. The Kier molecular flexibility index (Phi) is 4.48. The molecular formula is C15H14ClNO3. The van der Waals surface area contributed by atoms with Gasteiger partial charge in [0.15, 0.2) is 0 Å². The van der Waals surface area contributed by atoms with Gasteiger partial charge in [0.2, 0.25) is 0 Å². The fraction of sp³-hybridized carbons (Fsp3) is 0.133. The van der Waals surface area contributed by atoms with Crippen molar-refractivity contribution < 1.29 is 14.3 Å². The smallest absolute Gasteiger partial charge is 0.259 e. The molecule has 0 aromatic heterocycles. The monoisotopic (exact) mass is 291 g/mol. The molecule has 0 bridgehead atoms. The third-order valence-corrected chi connectivity index (χ3v) is 3.01. The molecular weight excluding hydrogens is 278 g/mol. The van der Waals surface area contributed by atoms with Crippen molar-refractivity contribution in [2.75, 3.05) is 19.5 Å². The van der Waals surface area contributed by atoms with Crippen molar-refractivity contribution >= 4 is 23.2 Å². The Morgan fingerprint density at radius 3 is 2.35 bits per heavy atom. The fourth-order valence-electron chi connectivity index (χ4n) is 1.72. The van der Waals surface area contributed by atoms with Gasteiger partial charge in [-0.3, -0.25) is 4.79 Å². The van der Waals surface area contributed by atoms with E-state index in [1.54, 1.807) is 49.6 Å². The van der Waals surface area contributed by atoms with Crippen LogP contribution in [0.25, 0.3) is 0 Å². The van der Waals surface area contributed by atoms with Crippen molar-refractivity contribution in [2.24, 2.45) is 0 Å². The Morgan fingerprint density at radius 1 is 1.05 bits per heavy atom. The second-order valence-corrected chi connectivity index (χ2v) is 4.46. The van der Waals surface area contributed by atoms with Crippen LogP contribution in [-0.2, 0) is 0 Å². The van der Waals surface area contributed by atoms with Gasteiger partial charge in [0.1, 0.15) is 11.5 Å². The van der Waals surface area contributed by atoms with Crippen molar-refractivity contribution in [3.63, 3.8) is 0 Å². The summed E-state index contributed by atoms with van der Waals surface area (Å²) in [6.45, 7) is 0. The molecule has 5 heteroatoms. The first-order valence-corrected chi connectivity index (χ1v) is 6.31. The summed E-state index contributed by atoms with van der Waals surface area (Å²) in [5.74, 6) is 0.799. The van der Waals surface area contributed by atoms with E-state index in [-0.39, 0.29) is 5.91 Å². The molecule has 2 aromatic carbocycles. The van der Waals surface area contributed by atoms with E-state index in [1.807, 2.05) is 0 Å². The van der Waals surface area contributed by atoms with Gasteiger partial charge in [-0.15, -0.1) is 0 Å². The summed E-state index contributed by atoms with van der Waals surface area (Å²) in [4.78, 5) is 12.3. The standard InChI is InChI=1S/C15H14ClNO3/c1-19-12-7-8-14(20-2)13(9-12)15(18)17-11-5-3-10(16)4-6-11/h3-9H,1-2H3,(H,17,18). The fourth-order valence-corrected chi connectivity index (χ4v) is 1.85. The lowest BCUT2D eigenvalue weighted by molar-refractivity contribution is 0.102. The van der Waals surface area contributed by atoms with E-state index in [0.717, 1.165) is 0 Å². The molecule has 0 radical (unpaired) electrons. The molecule has 0 unspecified atom stereocenters. The molecule has 0 aliphatic rings. The van der Waals surface area contributed by atoms with Gasteiger partial charge in [0.25, 0.3) is 5.91 Å². The lowest BCUT2D eigenvalue weighted by atomic mass is 10.1. The molecule has 0 aliphatic carbocycles. The van der Waals surface area contributed by atoms with Crippen LogP contribution in [0.4, 0.5) is 5.69 Å². The molecule has 104 valence electrons. The minimum atomic E-state index is -0.275. The van der Waals surface area contributed by atoms with Gasteiger partial charge in [-0.2, -0.15) is 0 Å². The van der Waals surface area contributed by atoms with Crippen LogP contribution in [-0.4, -0.2) is 20.1 Å². The summed E-state index contributed by atoms with van der Waals surface area (Å²) < 4.78 is 10.3. The maximum Gasteiger partial charge on any atom is 0.259 e. The van der Waals surface area contributed by atoms with Crippen molar-refractivity contribution in [1.82, 2.24) is 0 Å². The molecule has 2 aromatic rings. The van der Waals surface area contributed by atoms with Gasteiger partial charge < -0.3 is 14.8 Å². The van der Waals surface area contributed by atoms with Crippen LogP contribution in [0.1, 0.15) is 10.4 Å². The van der Waals surface area contributed by atoms with Gasteiger partial charge in [-0.05, 0) is 42.5 Å². The molecule has 0 spiro atoms. The van der Waals surface area contributed by atoms with Gasteiger partial charge in [0.05, 0.1) is 19.8 Å². The summed E-state index contributed by atoms with van der Waals surface area (Å²) >= 11 is 5.80. The molecule has 1 N–H and O–H groups in total. The average molecular weight is 292 g/mol. The molecule has 0 fully saturated rings. The number of amides is 1. The van der Waals surface area contributed by atoms with Crippen LogP contribution < -0.4 is 14.8 Å². The van der Waals surface area contributed by atoms with E-state index >= 15 is 0 Å². The maximum atomic E-state index is 12.3. The number of ether oxygens (including phenoxy) is 2. The molecule has 20 heavy (non-hydrogen) atoms. The summed E-state index contributed by atoms with van der Waals surface area (Å²) in [6.07, 6.45) is 0. The Morgan fingerprint density at radius 2 is 1.75 bits per heavy atom. The van der Waals surface area contributed by atoms with Crippen LogP contribution in [0.2, 0.25) is 5.02 Å². The normalized spacial score (nSPS) is 9.95. The number of nitrogens with one attached hydrogen (secondary N) is 1. The number of halogens is 1. The van der Waals surface area contributed by atoms with Crippen molar-refractivity contribution in [1.29, 1.82) is 0 Å². The minimum absolute atomic E-state index is 0.275. The number of anilines is 1. The average Bonchev–Trinajstić information content (AvgIpc) is 2.48. The van der Waals surface area contributed by atoms with E-state index < -0.39 is 0 Å². The number of rotatable bonds is 4. The number of hydrogen-bond donors (Lipinski definition) is 1. The van der Waals surface area contributed by atoms with Crippen molar-refractivity contribution in [2.45, 2.75) is 0 Å². The second-order valence-electron chi connectivity index (χ2n) is 4.03. The third kappa shape index (κ3) is 3.22. The molecule has 0 saturated heterocycles. The third-order valence-electron chi connectivity index (χ3n) is 2.75. The van der Waals surface area contributed by atoms with Gasteiger partial charge in [-0.1, -0.05) is 11.6 Å². The zero-order valence-corrected chi connectivity index (χ0v) is 11.9. The topological polar surface area (TPSA) is 47.6 Å². The number of hydrogen-bond acceptors (Lipinski definition) is 3. The first-order chi connectivity index (χ1) is 9.63. The number of carbonyl (C=O) groups is 1. The molecule has 1 amide bonds. The summed E-state index contributed by atoms with van der Waals surface area (Å²) in [6, 6.07) is 11.9. The van der Waals surface area contributed by atoms with Gasteiger partial charge in [0, 0.05) is 10.7 Å². The first kappa shape index (κ1) is 14.2. The van der Waals surface area contributed by atoms with Crippen LogP contribution in [0.15, 0.2) is 42.5 Å². The van der Waals surface area contributed by atoms with Crippen LogP contribution >= 0.6 is 11.6 Å². The SMILES string of the molecule is COc1ccc(OC)c(C(=O)Nc2ccc(Cl)cc2)c1. The summed E-state index contributed by atoms with van der Waals surface area (Å²) in [5, 5.41) is 3.39. The van der Waals surface area contributed by atoms with E-state index in [9.17, 15) is 4.79 Å². The maximum absolute atomic E-state index is 12.3.